The number of fused-ring (bicyclic) bond motifs is 1. The highest BCUT2D eigenvalue weighted by Crippen LogP contribution is 2.19. The van der Waals surface area contributed by atoms with Crippen LogP contribution in [-0.4, -0.2) is 20.6 Å². The van der Waals surface area contributed by atoms with Crippen LogP contribution in [0.2, 0.25) is 0 Å². The molecule has 1 amide bonds. The van der Waals surface area contributed by atoms with E-state index in [4.69, 9.17) is 4.52 Å². The summed E-state index contributed by atoms with van der Waals surface area (Å²) in [6.07, 6.45) is 1.86. The van der Waals surface area contributed by atoms with Gasteiger partial charge in [-0.2, -0.15) is 0 Å². The van der Waals surface area contributed by atoms with E-state index in [0.717, 1.165) is 28.7 Å². The summed E-state index contributed by atoms with van der Waals surface area (Å²) in [6, 6.07) is 27.5. The van der Waals surface area contributed by atoms with Crippen molar-refractivity contribution < 1.29 is 9.32 Å². The number of aromatic nitrogens is 3. The van der Waals surface area contributed by atoms with Gasteiger partial charge >= 0.3 is 0 Å². The van der Waals surface area contributed by atoms with Crippen LogP contribution >= 0.6 is 0 Å². The Morgan fingerprint density at radius 1 is 0.903 bits per heavy atom. The number of para-hydroxylation sites is 2. The predicted octanol–water partition coefficient (Wildman–Crippen LogP) is 4.67. The first-order valence-corrected chi connectivity index (χ1v) is 10.0. The molecular formula is C25H20N4O2. The molecule has 0 aliphatic rings. The van der Waals surface area contributed by atoms with E-state index < -0.39 is 0 Å². The van der Waals surface area contributed by atoms with Crippen molar-refractivity contribution in [1.82, 2.24) is 20.0 Å². The normalized spacial score (nSPS) is 11.0. The second kappa shape index (κ2) is 8.28. The summed E-state index contributed by atoms with van der Waals surface area (Å²) in [5.74, 6) is -0.0916. The Bertz CT molecular complexity index is 1320. The molecule has 0 radical (unpaired) electrons. The van der Waals surface area contributed by atoms with Crippen LogP contribution < -0.4 is 5.32 Å². The number of carbonyl (C=O) groups excluding carboxylic acids is 1. The third kappa shape index (κ3) is 4.09. The number of hydrogen-bond acceptors (Lipinski definition) is 4. The van der Waals surface area contributed by atoms with E-state index in [1.807, 2.05) is 67.0 Å². The van der Waals surface area contributed by atoms with E-state index in [9.17, 15) is 4.79 Å². The zero-order valence-corrected chi connectivity index (χ0v) is 16.7. The SMILES string of the molecule is O=C(NCc1ccc(Cn2cnc3ccccc32)cc1)c1cc(-c2ccccc2)no1. The molecule has 2 heterocycles. The Morgan fingerprint density at radius 2 is 1.65 bits per heavy atom. The van der Waals surface area contributed by atoms with Crippen LogP contribution in [0.4, 0.5) is 0 Å². The number of amides is 1. The van der Waals surface area contributed by atoms with E-state index in [2.05, 4.69) is 38.2 Å². The summed E-state index contributed by atoms with van der Waals surface area (Å²) < 4.78 is 7.34. The molecule has 2 aromatic heterocycles. The molecule has 0 saturated heterocycles. The van der Waals surface area contributed by atoms with Crippen LogP contribution in [0.1, 0.15) is 21.7 Å². The highest BCUT2D eigenvalue weighted by atomic mass is 16.5. The van der Waals surface area contributed by atoms with Crippen LogP contribution in [0, 0.1) is 0 Å². The summed E-state index contributed by atoms with van der Waals surface area (Å²) in [4.78, 5) is 16.8. The maximum absolute atomic E-state index is 12.4. The summed E-state index contributed by atoms with van der Waals surface area (Å²) in [7, 11) is 0. The standard InChI is InChI=1S/C25H20N4O2/c30-25(24-14-22(28-31-24)20-6-2-1-3-7-20)26-15-18-10-12-19(13-11-18)16-29-17-27-21-8-4-5-9-23(21)29/h1-14,17H,15-16H2,(H,26,30). The summed E-state index contributed by atoms with van der Waals surface area (Å²) >= 11 is 0. The van der Waals surface area contributed by atoms with Gasteiger partial charge in [-0.25, -0.2) is 4.98 Å². The molecule has 6 nitrogen and oxygen atoms in total. The second-order valence-electron chi connectivity index (χ2n) is 7.30. The first-order chi connectivity index (χ1) is 15.3. The summed E-state index contributed by atoms with van der Waals surface area (Å²) in [6.45, 7) is 1.15. The van der Waals surface area contributed by atoms with Gasteiger partial charge in [0.1, 0.15) is 5.69 Å². The van der Waals surface area contributed by atoms with Gasteiger partial charge in [-0.1, -0.05) is 71.9 Å². The fourth-order valence-electron chi connectivity index (χ4n) is 3.49. The molecule has 152 valence electrons. The van der Waals surface area contributed by atoms with Gasteiger partial charge in [0.2, 0.25) is 5.76 Å². The lowest BCUT2D eigenvalue weighted by atomic mass is 10.1. The zero-order chi connectivity index (χ0) is 21.0. The molecule has 6 heteroatoms. The Labute approximate surface area is 179 Å². The van der Waals surface area contributed by atoms with Crippen LogP contribution in [0.15, 0.2) is 95.8 Å². The molecule has 3 aromatic carbocycles. The van der Waals surface area contributed by atoms with E-state index in [0.29, 0.717) is 12.2 Å². The maximum atomic E-state index is 12.4. The molecule has 0 saturated carbocycles. The van der Waals surface area contributed by atoms with E-state index in [1.165, 1.54) is 5.56 Å². The minimum atomic E-state index is -0.288. The van der Waals surface area contributed by atoms with Gasteiger partial charge in [-0.15, -0.1) is 0 Å². The lowest BCUT2D eigenvalue weighted by Crippen LogP contribution is -2.22. The quantitative estimate of drug-likeness (QED) is 0.443. The number of hydrogen-bond donors (Lipinski definition) is 1. The predicted molar refractivity (Wildman–Crippen MR) is 118 cm³/mol. The topological polar surface area (TPSA) is 73.0 Å². The molecule has 0 bridgehead atoms. The molecule has 1 N–H and O–H groups in total. The Morgan fingerprint density at radius 3 is 2.48 bits per heavy atom. The van der Waals surface area contributed by atoms with Crippen molar-refractivity contribution in [3.05, 3.63) is 108 Å². The molecule has 0 atom stereocenters. The van der Waals surface area contributed by atoms with Crippen molar-refractivity contribution in [2.75, 3.05) is 0 Å². The van der Waals surface area contributed by atoms with E-state index >= 15 is 0 Å². The molecule has 5 aromatic rings. The van der Waals surface area contributed by atoms with Gasteiger partial charge in [0.25, 0.3) is 5.91 Å². The van der Waals surface area contributed by atoms with Crippen LogP contribution in [-0.2, 0) is 13.1 Å². The molecule has 0 fully saturated rings. The Kier molecular flexibility index (Phi) is 5.02. The van der Waals surface area contributed by atoms with Crippen molar-refractivity contribution in [3.63, 3.8) is 0 Å². The smallest absolute Gasteiger partial charge is 0.290 e. The average molecular weight is 408 g/mol. The second-order valence-corrected chi connectivity index (χ2v) is 7.30. The Balaban J connectivity index is 1.20. The maximum Gasteiger partial charge on any atom is 0.290 e. The molecule has 31 heavy (non-hydrogen) atoms. The summed E-state index contributed by atoms with van der Waals surface area (Å²) in [5.41, 5.74) is 5.83. The number of rotatable bonds is 6. The van der Waals surface area contributed by atoms with Crippen molar-refractivity contribution in [1.29, 1.82) is 0 Å². The van der Waals surface area contributed by atoms with Crippen LogP contribution in [0.25, 0.3) is 22.3 Å². The van der Waals surface area contributed by atoms with Crippen molar-refractivity contribution >= 4 is 16.9 Å². The fraction of sp³-hybridized carbons (Fsp3) is 0.0800. The van der Waals surface area contributed by atoms with Crippen molar-refractivity contribution in [2.24, 2.45) is 0 Å². The first kappa shape index (κ1) is 18.8. The number of benzene rings is 3. The molecule has 0 unspecified atom stereocenters. The Hall–Kier alpha value is -4.19. The zero-order valence-electron chi connectivity index (χ0n) is 16.7. The highest BCUT2D eigenvalue weighted by Gasteiger charge is 2.13. The first-order valence-electron chi connectivity index (χ1n) is 10.0. The van der Waals surface area contributed by atoms with E-state index in [-0.39, 0.29) is 11.7 Å². The molecule has 0 spiro atoms. The van der Waals surface area contributed by atoms with Crippen molar-refractivity contribution in [2.45, 2.75) is 13.1 Å². The van der Waals surface area contributed by atoms with Crippen LogP contribution in [0.5, 0.6) is 0 Å². The minimum Gasteiger partial charge on any atom is -0.350 e. The van der Waals surface area contributed by atoms with Crippen LogP contribution in [0.3, 0.4) is 0 Å². The highest BCUT2D eigenvalue weighted by molar-refractivity contribution is 5.92. The number of nitrogens with zero attached hydrogens (tertiary/aromatic N) is 3. The van der Waals surface area contributed by atoms with Gasteiger partial charge in [0.05, 0.1) is 17.4 Å². The number of nitrogens with one attached hydrogen (secondary N) is 1. The van der Waals surface area contributed by atoms with Gasteiger partial charge < -0.3 is 14.4 Å². The monoisotopic (exact) mass is 408 g/mol. The third-order valence-electron chi connectivity index (χ3n) is 5.16. The van der Waals surface area contributed by atoms with E-state index in [1.54, 1.807) is 6.07 Å². The van der Waals surface area contributed by atoms with Crippen molar-refractivity contribution in [3.8, 4) is 11.3 Å². The minimum absolute atomic E-state index is 0.197. The fourth-order valence-corrected chi connectivity index (χ4v) is 3.49. The number of carbonyl (C=O) groups is 1. The molecule has 5 rings (SSSR count). The third-order valence-corrected chi connectivity index (χ3v) is 5.16. The molecule has 0 aliphatic carbocycles. The van der Waals surface area contributed by atoms with Gasteiger partial charge in [-0.3, -0.25) is 4.79 Å². The lowest BCUT2D eigenvalue weighted by Gasteiger charge is -2.07. The molecule has 0 aliphatic heterocycles. The molecular weight excluding hydrogens is 388 g/mol. The lowest BCUT2D eigenvalue weighted by molar-refractivity contribution is 0.0914. The average Bonchev–Trinajstić information content (AvgIpc) is 3.47. The summed E-state index contributed by atoms with van der Waals surface area (Å²) in [5, 5.41) is 6.87. The van der Waals surface area contributed by atoms with Gasteiger partial charge in [0, 0.05) is 24.7 Å². The van der Waals surface area contributed by atoms with Gasteiger partial charge in [0.15, 0.2) is 0 Å². The largest absolute Gasteiger partial charge is 0.350 e. The number of imidazole rings is 1. The van der Waals surface area contributed by atoms with Gasteiger partial charge in [-0.05, 0) is 23.3 Å².